The Kier molecular flexibility index (Phi) is 3.51. The first-order chi connectivity index (χ1) is 5.73. The van der Waals surface area contributed by atoms with Crippen LogP contribution in [0.5, 0.6) is 0 Å². The third-order valence-electron chi connectivity index (χ3n) is 3.15. The average molecular weight is 173 g/mol. The monoisotopic (exact) mass is 173 g/mol. The number of halogens is 1. The van der Waals surface area contributed by atoms with Crippen molar-refractivity contribution in [1.82, 2.24) is 5.32 Å². The van der Waals surface area contributed by atoms with E-state index in [4.69, 9.17) is 0 Å². The first kappa shape index (κ1) is 9.97. The Hall–Kier alpha value is -0.110. The maximum absolute atomic E-state index is 14.2. The summed E-state index contributed by atoms with van der Waals surface area (Å²) in [6, 6.07) is 0. The van der Waals surface area contributed by atoms with Gasteiger partial charge in [0.2, 0.25) is 0 Å². The number of piperidine rings is 1. The number of hydrogen-bond acceptors (Lipinski definition) is 1. The van der Waals surface area contributed by atoms with Crippen LogP contribution >= 0.6 is 0 Å². The van der Waals surface area contributed by atoms with Crippen LogP contribution in [0.25, 0.3) is 0 Å². The highest BCUT2D eigenvalue weighted by Gasteiger charge is 2.37. The smallest absolute Gasteiger partial charge is 0.116 e. The zero-order valence-corrected chi connectivity index (χ0v) is 8.20. The molecule has 1 fully saturated rings. The van der Waals surface area contributed by atoms with Crippen molar-refractivity contribution in [3.05, 3.63) is 0 Å². The molecule has 0 amide bonds. The Morgan fingerprint density at radius 2 is 1.75 bits per heavy atom. The fourth-order valence-corrected chi connectivity index (χ4v) is 2.27. The molecule has 2 heteroatoms. The van der Waals surface area contributed by atoms with Crippen LogP contribution in [0.15, 0.2) is 0 Å². The minimum Gasteiger partial charge on any atom is -0.316 e. The fourth-order valence-electron chi connectivity index (χ4n) is 2.27. The summed E-state index contributed by atoms with van der Waals surface area (Å²) in [6.45, 7) is 5.90. The fraction of sp³-hybridized carbons (Fsp3) is 1.00. The number of hydrogen-bond donors (Lipinski definition) is 1. The third-order valence-corrected chi connectivity index (χ3v) is 3.15. The van der Waals surface area contributed by atoms with Gasteiger partial charge >= 0.3 is 0 Å². The molecule has 0 saturated carbocycles. The molecule has 0 unspecified atom stereocenters. The minimum absolute atomic E-state index is 0.277. The molecule has 1 N–H and O–H groups in total. The van der Waals surface area contributed by atoms with Crippen molar-refractivity contribution in [2.24, 2.45) is 5.92 Å². The molecule has 0 aromatic rings. The Balaban J connectivity index is 2.53. The second kappa shape index (κ2) is 4.22. The lowest BCUT2D eigenvalue weighted by atomic mass is 9.79. The second-order valence-corrected chi connectivity index (χ2v) is 3.80. The molecule has 0 aliphatic carbocycles. The SMILES string of the molecule is CCC(CC)C1(F)CCNCC1. The van der Waals surface area contributed by atoms with Gasteiger partial charge in [0.1, 0.15) is 5.67 Å². The van der Waals surface area contributed by atoms with Gasteiger partial charge in [-0.05, 0) is 31.8 Å². The molecule has 0 spiro atoms. The molecule has 1 nitrogen and oxygen atoms in total. The number of nitrogens with one attached hydrogen (secondary N) is 1. The molecular formula is C10H20FN. The standard InChI is InChI=1S/C10H20FN/c1-3-9(4-2)10(11)5-7-12-8-6-10/h9,12H,3-8H2,1-2H3. The van der Waals surface area contributed by atoms with Crippen molar-refractivity contribution in [3.8, 4) is 0 Å². The van der Waals surface area contributed by atoms with Gasteiger partial charge in [0, 0.05) is 0 Å². The van der Waals surface area contributed by atoms with E-state index in [0.29, 0.717) is 12.8 Å². The zero-order chi connectivity index (χ0) is 9.03. The van der Waals surface area contributed by atoms with Crippen molar-refractivity contribution < 1.29 is 4.39 Å². The van der Waals surface area contributed by atoms with Crippen LogP contribution in [0.2, 0.25) is 0 Å². The van der Waals surface area contributed by atoms with Crippen molar-refractivity contribution in [1.29, 1.82) is 0 Å². The van der Waals surface area contributed by atoms with E-state index >= 15 is 0 Å². The molecule has 1 aliphatic heterocycles. The summed E-state index contributed by atoms with van der Waals surface area (Å²) in [6.07, 6.45) is 3.37. The lowest BCUT2D eigenvalue weighted by molar-refractivity contribution is 0.0409. The molecule has 0 aromatic heterocycles. The summed E-state index contributed by atoms with van der Waals surface area (Å²) in [4.78, 5) is 0. The summed E-state index contributed by atoms with van der Waals surface area (Å²) in [5.41, 5.74) is -0.866. The summed E-state index contributed by atoms with van der Waals surface area (Å²) in [5, 5.41) is 3.20. The second-order valence-electron chi connectivity index (χ2n) is 3.80. The summed E-state index contributed by atoms with van der Waals surface area (Å²) in [5.74, 6) is 0.277. The lowest BCUT2D eigenvalue weighted by Crippen LogP contribution is -2.43. The summed E-state index contributed by atoms with van der Waals surface area (Å²) in [7, 11) is 0. The van der Waals surface area contributed by atoms with Gasteiger partial charge in [-0.3, -0.25) is 0 Å². The highest BCUT2D eigenvalue weighted by molar-refractivity contribution is 4.89. The molecule has 1 aliphatic rings. The van der Waals surface area contributed by atoms with E-state index in [1.807, 2.05) is 0 Å². The van der Waals surface area contributed by atoms with Crippen LogP contribution < -0.4 is 5.32 Å². The number of alkyl halides is 1. The normalized spacial score (nSPS) is 23.0. The Labute approximate surface area is 74.7 Å². The maximum atomic E-state index is 14.2. The highest BCUT2D eigenvalue weighted by Crippen LogP contribution is 2.35. The van der Waals surface area contributed by atoms with E-state index in [2.05, 4.69) is 19.2 Å². The predicted octanol–water partition coefficient (Wildman–Crippen LogP) is 2.51. The minimum atomic E-state index is -0.866. The molecule has 72 valence electrons. The van der Waals surface area contributed by atoms with E-state index in [1.165, 1.54) is 0 Å². The van der Waals surface area contributed by atoms with Crippen molar-refractivity contribution in [2.75, 3.05) is 13.1 Å². The Morgan fingerprint density at radius 1 is 1.25 bits per heavy atom. The van der Waals surface area contributed by atoms with Gasteiger partial charge in [0.15, 0.2) is 0 Å². The quantitative estimate of drug-likeness (QED) is 0.691. The number of rotatable bonds is 3. The van der Waals surface area contributed by atoms with Crippen molar-refractivity contribution in [3.63, 3.8) is 0 Å². The molecule has 12 heavy (non-hydrogen) atoms. The Bertz CT molecular complexity index is 126. The molecule has 0 atom stereocenters. The van der Waals surface area contributed by atoms with Crippen molar-refractivity contribution >= 4 is 0 Å². The van der Waals surface area contributed by atoms with Gasteiger partial charge in [-0.25, -0.2) is 4.39 Å². The molecule has 0 aromatic carbocycles. The average Bonchev–Trinajstić information content (AvgIpc) is 2.07. The van der Waals surface area contributed by atoms with Crippen LogP contribution in [0, 0.1) is 5.92 Å². The van der Waals surface area contributed by atoms with Gasteiger partial charge in [-0.2, -0.15) is 0 Å². The zero-order valence-electron chi connectivity index (χ0n) is 8.20. The lowest BCUT2D eigenvalue weighted by Gasteiger charge is -2.36. The van der Waals surface area contributed by atoms with Crippen LogP contribution in [-0.4, -0.2) is 18.8 Å². The van der Waals surface area contributed by atoms with Gasteiger partial charge in [0.05, 0.1) is 0 Å². The molecule has 0 radical (unpaired) electrons. The van der Waals surface area contributed by atoms with Crippen molar-refractivity contribution in [2.45, 2.75) is 45.2 Å². The third kappa shape index (κ3) is 1.98. The van der Waals surface area contributed by atoms with E-state index in [1.54, 1.807) is 0 Å². The van der Waals surface area contributed by atoms with Crippen LogP contribution in [0.4, 0.5) is 4.39 Å². The highest BCUT2D eigenvalue weighted by atomic mass is 19.1. The van der Waals surface area contributed by atoms with Crippen LogP contribution in [-0.2, 0) is 0 Å². The van der Waals surface area contributed by atoms with Gasteiger partial charge in [-0.15, -0.1) is 0 Å². The van der Waals surface area contributed by atoms with Crippen LogP contribution in [0.1, 0.15) is 39.5 Å². The van der Waals surface area contributed by atoms with E-state index in [0.717, 1.165) is 25.9 Å². The molecule has 1 saturated heterocycles. The van der Waals surface area contributed by atoms with E-state index < -0.39 is 5.67 Å². The maximum Gasteiger partial charge on any atom is 0.116 e. The topological polar surface area (TPSA) is 12.0 Å². The first-order valence-corrected chi connectivity index (χ1v) is 5.12. The predicted molar refractivity (Wildman–Crippen MR) is 50.0 cm³/mol. The largest absolute Gasteiger partial charge is 0.316 e. The molecule has 1 rings (SSSR count). The van der Waals surface area contributed by atoms with E-state index in [9.17, 15) is 4.39 Å². The summed E-state index contributed by atoms with van der Waals surface area (Å²) < 4.78 is 14.2. The molecule has 0 bridgehead atoms. The van der Waals surface area contributed by atoms with Crippen LogP contribution in [0.3, 0.4) is 0 Å². The molecule has 1 heterocycles. The Morgan fingerprint density at radius 3 is 2.17 bits per heavy atom. The van der Waals surface area contributed by atoms with E-state index in [-0.39, 0.29) is 5.92 Å². The summed E-state index contributed by atoms with van der Waals surface area (Å²) >= 11 is 0. The van der Waals surface area contributed by atoms with Gasteiger partial charge < -0.3 is 5.32 Å². The van der Waals surface area contributed by atoms with Gasteiger partial charge in [-0.1, -0.05) is 26.7 Å². The van der Waals surface area contributed by atoms with Gasteiger partial charge in [0.25, 0.3) is 0 Å². The molecular weight excluding hydrogens is 153 g/mol. The first-order valence-electron chi connectivity index (χ1n) is 5.12.